The lowest BCUT2D eigenvalue weighted by Crippen LogP contribution is -2.31. The smallest absolute Gasteiger partial charge is 0.252 e. The quantitative estimate of drug-likeness (QED) is 0.865. The Hall–Kier alpha value is -0.430. The molecular formula is C10H16N2O2S2. The highest BCUT2D eigenvalue weighted by atomic mass is 32.2. The van der Waals surface area contributed by atoms with Gasteiger partial charge in [-0.2, -0.15) is 4.31 Å². The number of nitrogens with zero attached hydrogens (tertiary/aromatic N) is 1. The molecule has 6 heteroatoms. The van der Waals surface area contributed by atoms with Crippen molar-refractivity contribution in [2.45, 2.75) is 30.5 Å². The second-order valence-corrected chi connectivity index (χ2v) is 7.63. The predicted molar refractivity (Wildman–Crippen MR) is 65.1 cm³/mol. The number of aryl methyl sites for hydroxylation is 2. The minimum absolute atomic E-state index is 0.0175. The van der Waals surface area contributed by atoms with Crippen LogP contribution in [0.1, 0.15) is 16.9 Å². The minimum atomic E-state index is -3.31. The Morgan fingerprint density at radius 3 is 2.62 bits per heavy atom. The molecule has 0 aliphatic carbocycles. The number of hydrogen-bond donors (Lipinski definition) is 1. The van der Waals surface area contributed by atoms with Gasteiger partial charge in [0.25, 0.3) is 10.0 Å². The zero-order chi connectivity index (χ0) is 11.9. The summed E-state index contributed by atoms with van der Waals surface area (Å²) in [6.07, 6.45) is 0.753. The molecule has 0 aromatic carbocycles. The fourth-order valence-corrected chi connectivity index (χ4v) is 5.28. The molecule has 1 aromatic heterocycles. The Morgan fingerprint density at radius 2 is 2.19 bits per heavy atom. The summed E-state index contributed by atoms with van der Waals surface area (Å²) < 4.78 is 26.6. The fraction of sp³-hybridized carbons (Fsp3) is 0.600. The van der Waals surface area contributed by atoms with Gasteiger partial charge in [-0.3, -0.25) is 0 Å². The first kappa shape index (κ1) is 12.0. The Bertz CT molecular complexity index is 493. The molecule has 1 fully saturated rings. The summed E-state index contributed by atoms with van der Waals surface area (Å²) >= 11 is 1.34. The zero-order valence-corrected chi connectivity index (χ0v) is 11.1. The standard InChI is InChI=1S/C10H16N2O2S2/c1-7-5-8(2)15-10(7)16(13,14)12-4-3-9(11)6-12/h5,9H,3-4,6,11H2,1-2H3/t9-/m0/s1. The van der Waals surface area contributed by atoms with Crippen LogP contribution < -0.4 is 5.73 Å². The molecule has 2 N–H and O–H groups in total. The number of thiophene rings is 1. The van der Waals surface area contributed by atoms with E-state index in [0.717, 1.165) is 16.9 Å². The van der Waals surface area contributed by atoms with Crippen molar-refractivity contribution < 1.29 is 8.42 Å². The zero-order valence-electron chi connectivity index (χ0n) is 9.43. The predicted octanol–water partition coefficient (Wildman–Crippen LogP) is 1.09. The van der Waals surface area contributed by atoms with Crippen LogP contribution in [0.4, 0.5) is 0 Å². The topological polar surface area (TPSA) is 63.4 Å². The van der Waals surface area contributed by atoms with Crippen LogP contribution in [0.2, 0.25) is 0 Å². The lowest BCUT2D eigenvalue weighted by molar-refractivity contribution is 0.474. The number of sulfonamides is 1. The van der Waals surface area contributed by atoms with Crippen LogP contribution in [0.5, 0.6) is 0 Å². The van der Waals surface area contributed by atoms with Gasteiger partial charge >= 0.3 is 0 Å². The maximum Gasteiger partial charge on any atom is 0.252 e. The number of hydrogen-bond acceptors (Lipinski definition) is 4. The van der Waals surface area contributed by atoms with Crippen LogP contribution in [0, 0.1) is 13.8 Å². The van der Waals surface area contributed by atoms with E-state index in [-0.39, 0.29) is 6.04 Å². The van der Waals surface area contributed by atoms with E-state index in [9.17, 15) is 8.42 Å². The molecule has 4 nitrogen and oxygen atoms in total. The normalized spacial score (nSPS) is 22.8. The van der Waals surface area contributed by atoms with Gasteiger partial charge < -0.3 is 5.73 Å². The molecule has 2 rings (SSSR count). The average Bonchev–Trinajstić information content (AvgIpc) is 2.73. The van der Waals surface area contributed by atoms with E-state index in [2.05, 4.69) is 0 Å². The Morgan fingerprint density at radius 1 is 1.50 bits per heavy atom. The average molecular weight is 260 g/mol. The molecule has 0 radical (unpaired) electrons. The van der Waals surface area contributed by atoms with Crippen molar-refractivity contribution in [2.75, 3.05) is 13.1 Å². The fourth-order valence-electron chi connectivity index (χ4n) is 1.97. The lowest BCUT2D eigenvalue weighted by atomic mass is 10.3. The molecule has 0 bridgehead atoms. The van der Waals surface area contributed by atoms with Gasteiger partial charge in [-0.15, -0.1) is 11.3 Å². The van der Waals surface area contributed by atoms with Gasteiger partial charge in [0.1, 0.15) is 4.21 Å². The van der Waals surface area contributed by atoms with Crippen LogP contribution in [-0.2, 0) is 10.0 Å². The molecule has 90 valence electrons. The summed E-state index contributed by atoms with van der Waals surface area (Å²) in [5, 5.41) is 0. The van der Waals surface area contributed by atoms with Crippen LogP contribution in [-0.4, -0.2) is 31.9 Å². The van der Waals surface area contributed by atoms with E-state index in [4.69, 9.17) is 5.73 Å². The Balaban J connectivity index is 2.36. The van der Waals surface area contributed by atoms with Crippen molar-refractivity contribution in [1.29, 1.82) is 0 Å². The van der Waals surface area contributed by atoms with Gasteiger partial charge in [-0.25, -0.2) is 8.42 Å². The van der Waals surface area contributed by atoms with Crippen LogP contribution >= 0.6 is 11.3 Å². The number of nitrogens with two attached hydrogens (primary N) is 1. The van der Waals surface area contributed by atoms with E-state index in [0.29, 0.717) is 17.3 Å². The van der Waals surface area contributed by atoms with Crippen molar-refractivity contribution in [1.82, 2.24) is 4.31 Å². The highest BCUT2D eigenvalue weighted by Gasteiger charge is 2.32. The molecule has 0 saturated carbocycles. The highest BCUT2D eigenvalue weighted by Crippen LogP contribution is 2.30. The van der Waals surface area contributed by atoms with Crippen LogP contribution in [0.25, 0.3) is 0 Å². The number of rotatable bonds is 2. The molecular weight excluding hydrogens is 244 g/mol. The second-order valence-electron chi connectivity index (χ2n) is 4.24. The summed E-state index contributed by atoms with van der Waals surface area (Å²) in [5.74, 6) is 0. The van der Waals surface area contributed by atoms with Gasteiger partial charge in [0.05, 0.1) is 0 Å². The highest BCUT2D eigenvalue weighted by molar-refractivity contribution is 7.91. The first-order valence-corrected chi connectivity index (χ1v) is 7.49. The van der Waals surface area contributed by atoms with Gasteiger partial charge in [-0.05, 0) is 31.9 Å². The first-order chi connectivity index (χ1) is 7.41. The molecule has 1 aliphatic heterocycles. The summed E-state index contributed by atoms with van der Waals surface area (Å²) in [4.78, 5) is 1.03. The van der Waals surface area contributed by atoms with Crippen molar-refractivity contribution in [3.05, 3.63) is 16.5 Å². The van der Waals surface area contributed by atoms with Gasteiger partial charge in [0.15, 0.2) is 0 Å². The van der Waals surface area contributed by atoms with Gasteiger partial charge in [0, 0.05) is 24.0 Å². The van der Waals surface area contributed by atoms with Crippen LogP contribution in [0.15, 0.2) is 10.3 Å². The summed E-state index contributed by atoms with van der Waals surface area (Å²) in [5.41, 5.74) is 6.58. The molecule has 1 aliphatic rings. The van der Waals surface area contributed by atoms with Gasteiger partial charge in [0.2, 0.25) is 0 Å². The van der Waals surface area contributed by atoms with Crippen molar-refractivity contribution in [3.63, 3.8) is 0 Å². The van der Waals surface area contributed by atoms with E-state index in [1.165, 1.54) is 15.6 Å². The van der Waals surface area contributed by atoms with E-state index in [1.807, 2.05) is 19.9 Å². The maximum atomic E-state index is 12.3. The molecule has 1 atom stereocenters. The molecule has 0 unspecified atom stereocenters. The molecule has 1 aromatic rings. The maximum absolute atomic E-state index is 12.3. The molecule has 0 spiro atoms. The largest absolute Gasteiger partial charge is 0.326 e. The van der Waals surface area contributed by atoms with Gasteiger partial charge in [-0.1, -0.05) is 0 Å². The van der Waals surface area contributed by atoms with Crippen LogP contribution in [0.3, 0.4) is 0 Å². The van der Waals surface area contributed by atoms with Crippen molar-refractivity contribution in [2.24, 2.45) is 5.73 Å². The monoisotopic (exact) mass is 260 g/mol. The summed E-state index contributed by atoms with van der Waals surface area (Å²) in [6.45, 7) is 4.75. The Kier molecular flexibility index (Phi) is 3.09. The molecule has 1 saturated heterocycles. The SMILES string of the molecule is Cc1cc(C)c(S(=O)(=O)N2CC[C@H](N)C2)s1. The Labute approximate surface area is 100 Å². The molecule has 0 amide bonds. The third-order valence-electron chi connectivity index (χ3n) is 2.76. The summed E-state index contributed by atoms with van der Waals surface area (Å²) in [7, 11) is -3.31. The molecule has 16 heavy (non-hydrogen) atoms. The van der Waals surface area contributed by atoms with Crippen molar-refractivity contribution in [3.8, 4) is 0 Å². The molecule has 2 heterocycles. The summed E-state index contributed by atoms with van der Waals surface area (Å²) in [6, 6.07) is 1.89. The van der Waals surface area contributed by atoms with E-state index < -0.39 is 10.0 Å². The third-order valence-corrected chi connectivity index (χ3v) is 6.39. The third kappa shape index (κ3) is 2.02. The lowest BCUT2D eigenvalue weighted by Gasteiger charge is -2.15. The van der Waals surface area contributed by atoms with E-state index >= 15 is 0 Å². The second kappa shape index (κ2) is 4.10. The minimum Gasteiger partial charge on any atom is -0.326 e. The first-order valence-electron chi connectivity index (χ1n) is 5.24. The van der Waals surface area contributed by atoms with Crippen molar-refractivity contribution >= 4 is 21.4 Å². The van der Waals surface area contributed by atoms with E-state index in [1.54, 1.807) is 0 Å².